The fraction of sp³-hybridized carbons (Fsp3) is 0.562. The fourth-order valence-electron chi connectivity index (χ4n) is 3.05. The molecule has 0 bridgehead atoms. The summed E-state index contributed by atoms with van der Waals surface area (Å²) in [5, 5.41) is 0. The number of rotatable bonds is 3. The van der Waals surface area contributed by atoms with Gasteiger partial charge >= 0.3 is 0 Å². The molecule has 1 aromatic carbocycles. The Balaban J connectivity index is 2.23. The van der Waals surface area contributed by atoms with Crippen LogP contribution in [0.5, 0.6) is 0 Å². The summed E-state index contributed by atoms with van der Waals surface area (Å²) in [4.78, 5) is 13.9. The molecule has 1 aromatic rings. The van der Waals surface area contributed by atoms with Gasteiger partial charge in [-0.05, 0) is 49.3 Å². The number of nitrogen functional groups attached to an aromatic ring is 1. The van der Waals surface area contributed by atoms with Crippen molar-refractivity contribution in [2.24, 2.45) is 17.6 Å². The minimum Gasteiger partial charge on any atom is -0.399 e. The molecule has 4 heteroatoms. The van der Waals surface area contributed by atoms with E-state index in [1.54, 1.807) is 12.1 Å². The van der Waals surface area contributed by atoms with E-state index in [1.165, 1.54) is 6.42 Å². The number of carbonyl (C=O) groups is 1. The number of nitrogens with zero attached hydrogens (tertiary/aromatic N) is 1. The van der Waals surface area contributed by atoms with E-state index in [2.05, 4.69) is 18.7 Å². The van der Waals surface area contributed by atoms with Gasteiger partial charge in [-0.2, -0.15) is 0 Å². The lowest BCUT2D eigenvalue weighted by Crippen LogP contribution is -2.27. The third-order valence-electron chi connectivity index (χ3n) is 4.34. The molecule has 1 aliphatic heterocycles. The molecular weight excluding hydrogens is 250 g/mol. The van der Waals surface area contributed by atoms with Crippen LogP contribution in [0.15, 0.2) is 18.2 Å². The van der Waals surface area contributed by atoms with Crippen molar-refractivity contribution in [1.29, 1.82) is 0 Å². The molecule has 0 aromatic heterocycles. The van der Waals surface area contributed by atoms with Gasteiger partial charge in [-0.1, -0.05) is 13.8 Å². The van der Waals surface area contributed by atoms with E-state index in [0.29, 0.717) is 17.2 Å². The SMILES string of the molecule is CC(C)C1CCCN(c2cc(N)ccc2C(N)=O)CC1. The highest BCUT2D eigenvalue weighted by atomic mass is 16.1. The Morgan fingerprint density at radius 3 is 2.70 bits per heavy atom. The van der Waals surface area contributed by atoms with Crippen LogP contribution in [-0.4, -0.2) is 19.0 Å². The normalized spacial score (nSPS) is 19.9. The summed E-state index contributed by atoms with van der Waals surface area (Å²) in [5.74, 6) is 1.09. The van der Waals surface area contributed by atoms with Crippen molar-refractivity contribution in [2.45, 2.75) is 33.1 Å². The maximum absolute atomic E-state index is 11.6. The van der Waals surface area contributed by atoms with E-state index < -0.39 is 0 Å². The number of amides is 1. The van der Waals surface area contributed by atoms with Gasteiger partial charge in [0.25, 0.3) is 5.91 Å². The standard InChI is InChI=1S/C16H25N3O/c1-11(2)12-4-3-8-19(9-7-12)15-10-13(17)5-6-14(15)16(18)20/h5-6,10-12H,3-4,7-9,17H2,1-2H3,(H2,18,20). The Bertz CT molecular complexity index is 485. The molecule has 4 nitrogen and oxygen atoms in total. The third-order valence-corrected chi connectivity index (χ3v) is 4.34. The Hall–Kier alpha value is -1.71. The van der Waals surface area contributed by atoms with Crippen LogP contribution in [0.4, 0.5) is 11.4 Å². The van der Waals surface area contributed by atoms with Crippen molar-refractivity contribution in [3.05, 3.63) is 23.8 Å². The van der Waals surface area contributed by atoms with Gasteiger partial charge in [-0.3, -0.25) is 4.79 Å². The van der Waals surface area contributed by atoms with E-state index in [-0.39, 0.29) is 5.91 Å². The molecule has 2 rings (SSSR count). The van der Waals surface area contributed by atoms with Crippen LogP contribution in [0.3, 0.4) is 0 Å². The molecule has 1 amide bonds. The molecule has 1 atom stereocenters. The van der Waals surface area contributed by atoms with Gasteiger partial charge in [0.05, 0.1) is 11.3 Å². The largest absolute Gasteiger partial charge is 0.399 e. The number of hydrogen-bond acceptors (Lipinski definition) is 3. The molecule has 0 saturated carbocycles. The number of nitrogens with two attached hydrogens (primary N) is 2. The first-order valence-electron chi connectivity index (χ1n) is 7.43. The van der Waals surface area contributed by atoms with Crippen molar-refractivity contribution in [2.75, 3.05) is 23.7 Å². The molecule has 1 aliphatic rings. The monoisotopic (exact) mass is 275 g/mol. The lowest BCUT2D eigenvalue weighted by atomic mass is 9.89. The topological polar surface area (TPSA) is 72.3 Å². The number of carbonyl (C=O) groups excluding carboxylic acids is 1. The van der Waals surface area contributed by atoms with E-state index in [9.17, 15) is 4.79 Å². The van der Waals surface area contributed by atoms with Crippen LogP contribution in [-0.2, 0) is 0 Å². The van der Waals surface area contributed by atoms with E-state index in [1.807, 2.05) is 6.07 Å². The lowest BCUT2D eigenvalue weighted by molar-refractivity contribution is 0.100. The first kappa shape index (κ1) is 14.7. The number of anilines is 2. The molecule has 1 heterocycles. The predicted octanol–water partition coefficient (Wildman–Crippen LogP) is 2.63. The molecule has 0 radical (unpaired) electrons. The van der Waals surface area contributed by atoms with Gasteiger partial charge in [-0.15, -0.1) is 0 Å². The van der Waals surface area contributed by atoms with Crippen LogP contribution < -0.4 is 16.4 Å². The van der Waals surface area contributed by atoms with Gasteiger partial charge in [0.15, 0.2) is 0 Å². The van der Waals surface area contributed by atoms with Gasteiger partial charge in [0, 0.05) is 18.8 Å². The second-order valence-corrected chi connectivity index (χ2v) is 6.06. The minimum absolute atomic E-state index is 0.385. The lowest BCUT2D eigenvalue weighted by Gasteiger charge is -2.25. The first-order chi connectivity index (χ1) is 9.49. The molecular formula is C16H25N3O. The second-order valence-electron chi connectivity index (χ2n) is 6.06. The Labute approximate surface area is 121 Å². The van der Waals surface area contributed by atoms with Gasteiger partial charge in [0.2, 0.25) is 0 Å². The van der Waals surface area contributed by atoms with Crippen LogP contribution in [0.2, 0.25) is 0 Å². The summed E-state index contributed by atoms with van der Waals surface area (Å²) in [6.45, 7) is 6.50. The first-order valence-corrected chi connectivity index (χ1v) is 7.43. The number of primary amides is 1. The van der Waals surface area contributed by atoms with Crippen LogP contribution in [0, 0.1) is 11.8 Å². The maximum atomic E-state index is 11.6. The summed E-state index contributed by atoms with van der Waals surface area (Å²) in [7, 11) is 0. The zero-order valence-electron chi connectivity index (χ0n) is 12.4. The quantitative estimate of drug-likeness (QED) is 0.833. The zero-order valence-corrected chi connectivity index (χ0v) is 12.4. The minimum atomic E-state index is -0.385. The third kappa shape index (κ3) is 3.24. The van der Waals surface area contributed by atoms with Crippen molar-refractivity contribution in [3.63, 3.8) is 0 Å². The van der Waals surface area contributed by atoms with Crippen molar-refractivity contribution in [3.8, 4) is 0 Å². The molecule has 0 spiro atoms. The van der Waals surface area contributed by atoms with E-state index in [0.717, 1.165) is 37.5 Å². The maximum Gasteiger partial charge on any atom is 0.250 e. The summed E-state index contributed by atoms with van der Waals surface area (Å²) >= 11 is 0. The highest BCUT2D eigenvalue weighted by Gasteiger charge is 2.22. The van der Waals surface area contributed by atoms with E-state index in [4.69, 9.17) is 11.5 Å². The van der Waals surface area contributed by atoms with Crippen molar-refractivity contribution >= 4 is 17.3 Å². The predicted molar refractivity (Wildman–Crippen MR) is 83.8 cm³/mol. The Morgan fingerprint density at radius 2 is 2.05 bits per heavy atom. The average Bonchev–Trinajstić information content (AvgIpc) is 2.63. The van der Waals surface area contributed by atoms with Gasteiger partial charge in [0.1, 0.15) is 0 Å². The highest BCUT2D eigenvalue weighted by molar-refractivity contribution is 5.99. The van der Waals surface area contributed by atoms with E-state index >= 15 is 0 Å². The second kappa shape index (κ2) is 6.16. The summed E-state index contributed by atoms with van der Waals surface area (Å²) in [6.07, 6.45) is 3.56. The fourth-order valence-corrected chi connectivity index (χ4v) is 3.05. The van der Waals surface area contributed by atoms with Crippen LogP contribution >= 0.6 is 0 Å². The molecule has 110 valence electrons. The molecule has 1 unspecified atom stereocenters. The zero-order chi connectivity index (χ0) is 14.7. The summed E-state index contributed by atoms with van der Waals surface area (Å²) < 4.78 is 0. The average molecular weight is 275 g/mol. The molecule has 4 N–H and O–H groups in total. The Kier molecular flexibility index (Phi) is 4.53. The molecule has 1 fully saturated rings. The van der Waals surface area contributed by atoms with Crippen molar-refractivity contribution < 1.29 is 4.79 Å². The van der Waals surface area contributed by atoms with Gasteiger partial charge in [-0.25, -0.2) is 0 Å². The molecule has 1 saturated heterocycles. The summed E-state index contributed by atoms with van der Waals surface area (Å²) in [6, 6.07) is 5.34. The molecule has 20 heavy (non-hydrogen) atoms. The Morgan fingerprint density at radius 1 is 1.30 bits per heavy atom. The molecule has 0 aliphatic carbocycles. The number of benzene rings is 1. The van der Waals surface area contributed by atoms with Crippen LogP contribution in [0.1, 0.15) is 43.5 Å². The van der Waals surface area contributed by atoms with Crippen LogP contribution in [0.25, 0.3) is 0 Å². The van der Waals surface area contributed by atoms with Crippen molar-refractivity contribution in [1.82, 2.24) is 0 Å². The summed E-state index contributed by atoms with van der Waals surface area (Å²) in [5.41, 5.74) is 13.5. The smallest absolute Gasteiger partial charge is 0.250 e. The number of hydrogen-bond donors (Lipinski definition) is 2. The highest BCUT2D eigenvalue weighted by Crippen LogP contribution is 2.30. The van der Waals surface area contributed by atoms with Gasteiger partial charge < -0.3 is 16.4 Å².